The zero-order chi connectivity index (χ0) is 12.9. The lowest BCUT2D eigenvalue weighted by molar-refractivity contribution is -0.148. The van der Waals surface area contributed by atoms with Crippen molar-refractivity contribution in [3.05, 3.63) is 0 Å². The van der Waals surface area contributed by atoms with Gasteiger partial charge in [-0.1, -0.05) is 0 Å². The van der Waals surface area contributed by atoms with E-state index in [0.717, 1.165) is 31.8 Å². The summed E-state index contributed by atoms with van der Waals surface area (Å²) in [4.78, 5) is 14.0. The first kappa shape index (κ1) is 14.5. The van der Waals surface area contributed by atoms with Crippen molar-refractivity contribution in [2.45, 2.75) is 50.6 Å². The molecule has 1 atom stereocenters. The third kappa shape index (κ3) is 4.28. The molecule has 0 saturated heterocycles. The van der Waals surface area contributed by atoms with Gasteiger partial charge < -0.3 is 15.0 Å². The third-order valence-electron chi connectivity index (χ3n) is 3.80. The van der Waals surface area contributed by atoms with Gasteiger partial charge in [0.05, 0.1) is 7.11 Å². The molecule has 100 valence electrons. The monoisotopic (exact) mass is 242 g/mol. The van der Waals surface area contributed by atoms with Gasteiger partial charge >= 0.3 is 5.97 Å². The van der Waals surface area contributed by atoms with Crippen molar-refractivity contribution >= 4 is 5.97 Å². The Bertz CT molecular complexity index is 254. The van der Waals surface area contributed by atoms with E-state index in [1.807, 2.05) is 14.0 Å². The number of unbranched alkanes of at least 4 members (excludes halogenated alkanes) is 1. The molecule has 0 aromatic carbocycles. The lowest BCUT2D eigenvalue weighted by Crippen LogP contribution is -2.48. The van der Waals surface area contributed by atoms with Crippen LogP contribution in [0.1, 0.15) is 39.0 Å². The molecule has 1 aliphatic carbocycles. The highest BCUT2D eigenvalue weighted by Gasteiger charge is 2.32. The Labute approximate surface area is 105 Å². The number of hydrogen-bond acceptors (Lipinski definition) is 4. The van der Waals surface area contributed by atoms with Crippen LogP contribution in [0.25, 0.3) is 0 Å². The molecule has 1 unspecified atom stereocenters. The van der Waals surface area contributed by atoms with Gasteiger partial charge in [-0.15, -0.1) is 0 Å². The molecule has 1 saturated carbocycles. The minimum Gasteiger partial charge on any atom is -0.468 e. The Hall–Kier alpha value is -0.610. The summed E-state index contributed by atoms with van der Waals surface area (Å²) in [6.07, 6.45) is 5.72. The number of nitrogens with one attached hydrogen (secondary N) is 1. The number of rotatable bonds is 8. The second kappa shape index (κ2) is 6.36. The first-order valence-corrected chi connectivity index (χ1v) is 6.51. The number of hydrogen-bond donors (Lipinski definition) is 1. The minimum atomic E-state index is -0.535. The third-order valence-corrected chi connectivity index (χ3v) is 3.80. The van der Waals surface area contributed by atoms with Gasteiger partial charge in [-0.05, 0) is 59.7 Å². The molecule has 0 spiro atoms. The van der Waals surface area contributed by atoms with Crippen LogP contribution in [0.2, 0.25) is 0 Å². The predicted molar refractivity (Wildman–Crippen MR) is 69.0 cm³/mol. The average molecular weight is 242 g/mol. The van der Waals surface area contributed by atoms with Crippen molar-refractivity contribution in [1.82, 2.24) is 10.2 Å². The quantitative estimate of drug-likeness (QED) is 0.516. The van der Waals surface area contributed by atoms with Crippen molar-refractivity contribution in [2.24, 2.45) is 0 Å². The number of esters is 1. The lowest BCUT2D eigenvalue weighted by Gasteiger charge is -2.26. The fourth-order valence-electron chi connectivity index (χ4n) is 2.09. The van der Waals surface area contributed by atoms with Gasteiger partial charge in [-0.25, -0.2) is 0 Å². The summed E-state index contributed by atoms with van der Waals surface area (Å²) in [6, 6.07) is 0.825. The molecule has 4 nitrogen and oxygen atoms in total. The van der Waals surface area contributed by atoms with E-state index < -0.39 is 5.54 Å². The van der Waals surface area contributed by atoms with E-state index in [0.29, 0.717) is 0 Å². The first-order valence-electron chi connectivity index (χ1n) is 6.51. The van der Waals surface area contributed by atoms with Crippen LogP contribution < -0.4 is 5.32 Å². The van der Waals surface area contributed by atoms with Gasteiger partial charge in [0.2, 0.25) is 0 Å². The molecule has 0 aliphatic heterocycles. The molecule has 0 amide bonds. The van der Waals surface area contributed by atoms with Crippen LogP contribution >= 0.6 is 0 Å². The normalized spacial score (nSPS) is 19.1. The SMILES string of the molecule is CNC(C)(CCCCN(C)C1CC1)C(=O)OC. The van der Waals surface area contributed by atoms with Crippen LogP contribution in [-0.4, -0.2) is 50.2 Å². The second-order valence-corrected chi connectivity index (χ2v) is 5.24. The Kier molecular flexibility index (Phi) is 5.40. The van der Waals surface area contributed by atoms with E-state index in [1.165, 1.54) is 20.0 Å². The molecular formula is C13H26N2O2. The standard InChI is InChI=1S/C13H26N2O2/c1-13(14-2,12(16)17-4)9-5-6-10-15(3)11-7-8-11/h11,14H,5-10H2,1-4H3. The molecule has 1 rings (SSSR count). The molecule has 17 heavy (non-hydrogen) atoms. The van der Waals surface area contributed by atoms with Crippen molar-refractivity contribution in [3.63, 3.8) is 0 Å². The predicted octanol–water partition coefficient (Wildman–Crippen LogP) is 1.40. The van der Waals surface area contributed by atoms with Crippen LogP contribution in [0, 0.1) is 0 Å². The Balaban J connectivity index is 2.20. The minimum absolute atomic E-state index is 0.171. The molecule has 0 radical (unpaired) electrons. The van der Waals surface area contributed by atoms with Crippen molar-refractivity contribution in [1.29, 1.82) is 0 Å². The number of carbonyl (C=O) groups is 1. The van der Waals surface area contributed by atoms with Gasteiger partial charge in [0.25, 0.3) is 0 Å². The van der Waals surface area contributed by atoms with Crippen molar-refractivity contribution in [2.75, 3.05) is 27.7 Å². The highest BCUT2D eigenvalue weighted by molar-refractivity contribution is 5.80. The maximum absolute atomic E-state index is 11.6. The molecule has 1 N–H and O–H groups in total. The Morgan fingerprint density at radius 2 is 2.12 bits per heavy atom. The van der Waals surface area contributed by atoms with Gasteiger partial charge in [0.15, 0.2) is 0 Å². The van der Waals surface area contributed by atoms with E-state index in [2.05, 4.69) is 17.3 Å². The van der Waals surface area contributed by atoms with Gasteiger partial charge in [-0.2, -0.15) is 0 Å². The Morgan fingerprint density at radius 3 is 2.59 bits per heavy atom. The molecule has 0 aromatic rings. The summed E-state index contributed by atoms with van der Waals surface area (Å²) in [5.74, 6) is -0.171. The zero-order valence-electron chi connectivity index (χ0n) is 11.6. The summed E-state index contributed by atoms with van der Waals surface area (Å²) in [5, 5.41) is 3.06. The fraction of sp³-hybridized carbons (Fsp3) is 0.923. The van der Waals surface area contributed by atoms with E-state index in [9.17, 15) is 4.79 Å². The molecule has 4 heteroatoms. The average Bonchev–Trinajstić information content (AvgIpc) is 3.17. The van der Waals surface area contributed by atoms with E-state index >= 15 is 0 Å². The highest BCUT2D eigenvalue weighted by Crippen LogP contribution is 2.25. The highest BCUT2D eigenvalue weighted by atomic mass is 16.5. The number of ether oxygens (including phenoxy) is 1. The molecule has 0 heterocycles. The molecule has 0 bridgehead atoms. The smallest absolute Gasteiger partial charge is 0.325 e. The van der Waals surface area contributed by atoms with Crippen molar-refractivity contribution in [3.8, 4) is 0 Å². The molecule has 1 aliphatic rings. The summed E-state index contributed by atoms with van der Waals surface area (Å²) in [6.45, 7) is 3.04. The van der Waals surface area contributed by atoms with Crippen LogP contribution in [0.15, 0.2) is 0 Å². The van der Waals surface area contributed by atoms with Crippen LogP contribution in [0.4, 0.5) is 0 Å². The maximum Gasteiger partial charge on any atom is 0.325 e. The van der Waals surface area contributed by atoms with E-state index in [4.69, 9.17) is 4.74 Å². The number of carbonyl (C=O) groups excluding carboxylic acids is 1. The van der Waals surface area contributed by atoms with Gasteiger partial charge in [0.1, 0.15) is 5.54 Å². The van der Waals surface area contributed by atoms with Crippen LogP contribution in [0.3, 0.4) is 0 Å². The van der Waals surface area contributed by atoms with E-state index in [-0.39, 0.29) is 5.97 Å². The summed E-state index contributed by atoms with van der Waals surface area (Å²) in [5.41, 5.74) is -0.535. The van der Waals surface area contributed by atoms with Crippen molar-refractivity contribution < 1.29 is 9.53 Å². The van der Waals surface area contributed by atoms with Gasteiger partial charge in [-0.3, -0.25) is 4.79 Å². The largest absolute Gasteiger partial charge is 0.468 e. The first-order chi connectivity index (χ1) is 8.03. The number of nitrogens with zero attached hydrogens (tertiary/aromatic N) is 1. The zero-order valence-corrected chi connectivity index (χ0v) is 11.6. The fourth-order valence-corrected chi connectivity index (χ4v) is 2.09. The van der Waals surface area contributed by atoms with Crippen LogP contribution in [-0.2, 0) is 9.53 Å². The Morgan fingerprint density at radius 1 is 1.47 bits per heavy atom. The number of methoxy groups -OCH3 is 1. The topological polar surface area (TPSA) is 41.6 Å². The summed E-state index contributed by atoms with van der Waals surface area (Å²) < 4.78 is 4.82. The maximum atomic E-state index is 11.6. The van der Waals surface area contributed by atoms with Crippen LogP contribution in [0.5, 0.6) is 0 Å². The molecule has 0 aromatic heterocycles. The van der Waals surface area contributed by atoms with Gasteiger partial charge in [0, 0.05) is 6.04 Å². The van der Waals surface area contributed by atoms with E-state index in [1.54, 1.807) is 0 Å². The number of likely N-dealkylation sites (N-methyl/N-ethyl adjacent to an activating group) is 1. The summed E-state index contributed by atoms with van der Waals surface area (Å²) in [7, 11) is 5.45. The molecular weight excluding hydrogens is 216 g/mol. The second-order valence-electron chi connectivity index (χ2n) is 5.24. The summed E-state index contributed by atoms with van der Waals surface area (Å²) >= 11 is 0. The molecule has 1 fully saturated rings. The lowest BCUT2D eigenvalue weighted by atomic mass is 9.95.